The fraction of sp³-hybridized carbons (Fsp3) is 0.105. The number of nitrogens with one attached hydrogen (secondary N) is 1. The Balaban J connectivity index is 1.73. The van der Waals surface area contributed by atoms with Crippen LogP contribution in [0.2, 0.25) is 5.02 Å². The Labute approximate surface area is 165 Å². The van der Waals surface area contributed by atoms with Gasteiger partial charge in [0.2, 0.25) is 5.88 Å². The van der Waals surface area contributed by atoms with Gasteiger partial charge in [0.15, 0.2) is 17.2 Å². The smallest absolute Gasteiger partial charge is 0.277 e. The molecule has 0 fully saturated rings. The lowest BCUT2D eigenvalue weighted by molar-refractivity contribution is 0.101. The fourth-order valence-electron chi connectivity index (χ4n) is 2.79. The van der Waals surface area contributed by atoms with E-state index < -0.39 is 5.91 Å². The first-order chi connectivity index (χ1) is 13.6. The summed E-state index contributed by atoms with van der Waals surface area (Å²) in [6.45, 7) is 1.75. The van der Waals surface area contributed by atoms with Crippen molar-refractivity contribution in [3.63, 3.8) is 0 Å². The van der Waals surface area contributed by atoms with Gasteiger partial charge in [0.05, 0.1) is 23.5 Å². The Bertz CT molecular complexity index is 1170. The summed E-state index contributed by atoms with van der Waals surface area (Å²) < 4.78 is 6.47. The van der Waals surface area contributed by atoms with Gasteiger partial charge >= 0.3 is 0 Å². The van der Waals surface area contributed by atoms with Gasteiger partial charge in [0, 0.05) is 11.6 Å². The zero-order valence-electron chi connectivity index (χ0n) is 15.0. The van der Waals surface area contributed by atoms with Crippen LogP contribution in [0.15, 0.2) is 48.5 Å². The Hall–Kier alpha value is -3.52. The van der Waals surface area contributed by atoms with Gasteiger partial charge in [-0.1, -0.05) is 29.8 Å². The third kappa shape index (κ3) is 3.25. The molecule has 8 nitrogen and oxygen atoms in total. The van der Waals surface area contributed by atoms with E-state index in [0.717, 1.165) is 5.56 Å². The molecule has 0 saturated heterocycles. The number of hydrogen-bond donors (Lipinski definition) is 1. The lowest BCUT2D eigenvalue weighted by Gasteiger charge is -2.07. The van der Waals surface area contributed by atoms with E-state index in [1.165, 1.54) is 11.6 Å². The van der Waals surface area contributed by atoms with E-state index in [0.29, 0.717) is 39.4 Å². The molecule has 3 heterocycles. The predicted octanol–water partition coefficient (Wildman–Crippen LogP) is 3.41. The molecule has 1 N–H and O–H groups in total. The summed E-state index contributed by atoms with van der Waals surface area (Å²) in [4.78, 5) is 17.3. The molecule has 3 aromatic heterocycles. The largest absolute Gasteiger partial charge is 0.480 e. The van der Waals surface area contributed by atoms with Crippen molar-refractivity contribution < 1.29 is 9.53 Å². The number of carbonyl (C=O) groups is 1. The van der Waals surface area contributed by atoms with Gasteiger partial charge in [0.25, 0.3) is 5.91 Å². The maximum absolute atomic E-state index is 12.8. The second-order valence-electron chi connectivity index (χ2n) is 5.93. The van der Waals surface area contributed by atoms with E-state index in [4.69, 9.17) is 16.3 Å². The van der Waals surface area contributed by atoms with Crippen LogP contribution in [0.5, 0.6) is 5.88 Å². The standard InChI is InChI=1S/C19H15ClN6O2/c1-11-18(19(27)22-15-8-10-17(28-2)24-23-15)26-16(21-11)9-7-14(25-26)12-5-3-4-6-13(12)20/h3-10H,1-2H3,(H,22,23,27). The molecule has 1 amide bonds. The molecule has 28 heavy (non-hydrogen) atoms. The highest BCUT2D eigenvalue weighted by atomic mass is 35.5. The van der Waals surface area contributed by atoms with E-state index >= 15 is 0 Å². The molecule has 0 atom stereocenters. The van der Waals surface area contributed by atoms with Crippen LogP contribution in [-0.2, 0) is 0 Å². The number of nitrogens with zero attached hydrogens (tertiary/aromatic N) is 5. The number of aryl methyl sites for hydroxylation is 1. The normalized spacial score (nSPS) is 10.8. The number of halogens is 1. The first-order valence-corrected chi connectivity index (χ1v) is 8.75. The summed E-state index contributed by atoms with van der Waals surface area (Å²) in [5.74, 6) is 0.255. The highest BCUT2D eigenvalue weighted by Crippen LogP contribution is 2.26. The molecule has 1 aromatic carbocycles. The number of amides is 1. The van der Waals surface area contributed by atoms with Crippen LogP contribution < -0.4 is 10.1 Å². The van der Waals surface area contributed by atoms with Crippen molar-refractivity contribution in [3.8, 4) is 17.1 Å². The molecule has 0 unspecified atom stereocenters. The van der Waals surface area contributed by atoms with Crippen molar-refractivity contribution in [2.75, 3.05) is 12.4 Å². The number of hydrogen-bond acceptors (Lipinski definition) is 6. The van der Waals surface area contributed by atoms with Crippen LogP contribution in [0, 0.1) is 6.92 Å². The van der Waals surface area contributed by atoms with Crippen LogP contribution >= 0.6 is 11.6 Å². The molecule has 4 aromatic rings. The summed E-state index contributed by atoms with van der Waals surface area (Å²) in [5, 5.41) is 15.6. The SMILES string of the molecule is COc1ccc(NC(=O)c2c(C)nc3ccc(-c4ccccc4Cl)nn23)nn1. The summed E-state index contributed by atoms with van der Waals surface area (Å²) in [6, 6.07) is 14.2. The van der Waals surface area contributed by atoms with Gasteiger partial charge in [-0.05, 0) is 31.2 Å². The van der Waals surface area contributed by atoms with Gasteiger partial charge in [-0.15, -0.1) is 10.2 Å². The number of anilines is 1. The molecule has 9 heteroatoms. The maximum Gasteiger partial charge on any atom is 0.277 e. The van der Waals surface area contributed by atoms with Gasteiger partial charge < -0.3 is 10.1 Å². The molecular formula is C19H15ClN6O2. The predicted molar refractivity (Wildman–Crippen MR) is 105 cm³/mol. The van der Waals surface area contributed by atoms with Crippen molar-refractivity contribution in [2.24, 2.45) is 0 Å². The third-order valence-electron chi connectivity index (χ3n) is 4.11. The van der Waals surface area contributed by atoms with Crippen LogP contribution in [0.3, 0.4) is 0 Å². The van der Waals surface area contributed by atoms with Crippen molar-refractivity contribution in [2.45, 2.75) is 6.92 Å². The van der Waals surface area contributed by atoms with Crippen molar-refractivity contribution in [1.29, 1.82) is 0 Å². The van der Waals surface area contributed by atoms with Gasteiger partial charge in [-0.25, -0.2) is 9.50 Å². The van der Waals surface area contributed by atoms with Crippen molar-refractivity contribution in [1.82, 2.24) is 24.8 Å². The maximum atomic E-state index is 12.8. The molecule has 0 spiro atoms. The van der Waals surface area contributed by atoms with Crippen LogP contribution in [0.4, 0.5) is 5.82 Å². The Morgan fingerprint density at radius 1 is 1.11 bits per heavy atom. The van der Waals surface area contributed by atoms with Gasteiger partial charge in [0.1, 0.15) is 0 Å². The zero-order chi connectivity index (χ0) is 19.7. The number of aromatic nitrogens is 5. The lowest BCUT2D eigenvalue weighted by atomic mass is 10.1. The average Bonchev–Trinajstić information content (AvgIpc) is 3.04. The molecule has 140 valence electrons. The Morgan fingerprint density at radius 3 is 2.64 bits per heavy atom. The highest BCUT2D eigenvalue weighted by molar-refractivity contribution is 6.33. The van der Waals surface area contributed by atoms with Crippen LogP contribution in [0.1, 0.15) is 16.2 Å². The van der Waals surface area contributed by atoms with Crippen molar-refractivity contribution >= 4 is 29.0 Å². The fourth-order valence-corrected chi connectivity index (χ4v) is 3.02. The number of methoxy groups -OCH3 is 1. The number of fused-ring (bicyclic) bond motifs is 1. The van der Waals surface area contributed by atoms with E-state index in [2.05, 4.69) is 25.6 Å². The van der Waals surface area contributed by atoms with Crippen LogP contribution in [-0.4, -0.2) is 37.8 Å². The molecule has 0 radical (unpaired) electrons. The second-order valence-corrected chi connectivity index (χ2v) is 6.34. The first kappa shape index (κ1) is 17.9. The van der Waals surface area contributed by atoms with E-state index in [1.54, 1.807) is 31.2 Å². The topological polar surface area (TPSA) is 94.3 Å². The molecule has 0 aliphatic heterocycles. The van der Waals surface area contributed by atoms with Gasteiger partial charge in [-0.3, -0.25) is 4.79 Å². The molecule has 0 aliphatic rings. The molecular weight excluding hydrogens is 380 g/mol. The highest BCUT2D eigenvalue weighted by Gasteiger charge is 2.19. The number of carbonyl (C=O) groups excluding carboxylic acids is 1. The lowest BCUT2D eigenvalue weighted by Crippen LogP contribution is -2.17. The minimum Gasteiger partial charge on any atom is -0.480 e. The number of ether oxygens (including phenoxy) is 1. The summed E-state index contributed by atoms with van der Waals surface area (Å²) in [7, 11) is 1.49. The monoisotopic (exact) mass is 394 g/mol. The third-order valence-corrected chi connectivity index (χ3v) is 4.44. The summed E-state index contributed by atoms with van der Waals surface area (Å²) in [6.07, 6.45) is 0. The second kappa shape index (κ2) is 7.24. The first-order valence-electron chi connectivity index (χ1n) is 8.37. The van der Waals surface area contributed by atoms with E-state index in [9.17, 15) is 4.79 Å². The molecule has 0 aliphatic carbocycles. The zero-order valence-corrected chi connectivity index (χ0v) is 15.8. The van der Waals surface area contributed by atoms with E-state index in [1.807, 2.05) is 24.3 Å². The Kier molecular flexibility index (Phi) is 4.62. The van der Waals surface area contributed by atoms with E-state index in [-0.39, 0.29) is 0 Å². The molecule has 0 saturated carbocycles. The molecule has 0 bridgehead atoms. The average molecular weight is 395 g/mol. The minimum absolute atomic E-state index is 0.294. The molecule has 4 rings (SSSR count). The van der Waals surface area contributed by atoms with Crippen molar-refractivity contribution in [3.05, 3.63) is 64.9 Å². The Morgan fingerprint density at radius 2 is 1.93 bits per heavy atom. The number of imidazole rings is 1. The number of rotatable bonds is 4. The quantitative estimate of drug-likeness (QED) is 0.570. The summed E-state index contributed by atoms with van der Waals surface area (Å²) in [5.41, 5.74) is 2.81. The summed E-state index contributed by atoms with van der Waals surface area (Å²) >= 11 is 6.28. The minimum atomic E-state index is -0.395. The van der Waals surface area contributed by atoms with Gasteiger partial charge in [-0.2, -0.15) is 5.10 Å². The number of benzene rings is 1. The van der Waals surface area contributed by atoms with Crippen LogP contribution in [0.25, 0.3) is 16.9 Å².